The van der Waals surface area contributed by atoms with E-state index in [1.807, 2.05) is 17.0 Å². The molecule has 2 aliphatic carbocycles. The summed E-state index contributed by atoms with van der Waals surface area (Å²) in [6.07, 6.45) is 6.25. The number of aliphatic hydroxyl groups is 1. The number of pyridine rings is 1. The molecule has 2 aliphatic heterocycles. The number of hydrogen-bond donors (Lipinski definition) is 2. The lowest BCUT2D eigenvalue weighted by Gasteiger charge is -2.35. The zero-order chi connectivity index (χ0) is 26.8. The second-order valence-electron chi connectivity index (χ2n) is 11.6. The molecular weight excluding hydrogens is 560 g/mol. The van der Waals surface area contributed by atoms with E-state index >= 15 is 0 Å². The Kier molecular flexibility index (Phi) is 7.27. The highest BCUT2D eigenvalue weighted by Crippen LogP contribution is 2.54. The van der Waals surface area contributed by atoms with Gasteiger partial charge in [0.2, 0.25) is 0 Å². The fraction of sp³-hybridized carbons (Fsp3) is 0.556. The van der Waals surface area contributed by atoms with Gasteiger partial charge in [-0.15, -0.1) is 0 Å². The summed E-state index contributed by atoms with van der Waals surface area (Å²) in [4.78, 5) is 21.7. The molecule has 4 fully saturated rings. The molecule has 9 nitrogen and oxygen atoms in total. The molecule has 2 N–H and O–H groups in total. The Morgan fingerprint density at radius 1 is 1.03 bits per heavy atom. The third-order valence-electron chi connectivity index (χ3n) is 8.45. The van der Waals surface area contributed by atoms with E-state index < -0.39 is 27.1 Å². The normalized spacial score (nSPS) is 24.7. The van der Waals surface area contributed by atoms with Crippen LogP contribution >= 0.6 is 25.1 Å². The standard InChI is InChI=1S/C27H33ClN4O5S.H2S/c1-25(34)11-14-32(18-25)22-3-2-4-23(29-22)38(35,36)30-24(33)27(9-10-27)37-21-17-19(28)5-6-20(21)31-15-12-26(7-8-26)13-16-31;/h2-6,17,34H,7-16,18H2,1H3,(H,30,33);1H2/t25-;/m0./s1. The van der Waals surface area contributed by atoms with Crippen molar-refractivity contribution in [2.24, 2.45) is 5.41 Å². The highest BCUT2D eigenvalue weighted by Gasteiger charge is 2.55. The van der Waals surface area contributed by atoms with Gasteiger partial charge in [0.1, 0.15) is 11.6 Å². The first-order chi connectivity index (χ1) is 18.0. The summed E-state index contributed by atoms with van der Waals surface area (Å²) in [6.45, 7) is 4.49. The van der Waals surface area contributed by atoms with Gasteiger partial charge in [-0.2, -0.15) is 21.9 Å². The molecule has 12 heteroatoms. The van der Waals surface area contributed by atoms with Gasteiger partial charge in [0.25, 0.3) is 15.9 Å². The molecule has 2 saturated heterocycles. The first-order valence-electron chi connectivity index (χ1n) is 13.2. The zero-order valence-corrected chi connectivity index (χ0v) is 24.5. The molecule has 212 valence electrons. The quantitative estimate of drug-likeness (QED) is 0.500. The van der Waals surface area contributed by atoms with Gasteiger partial charge < -0.3 is 19.6 Å². The van der Waals surface area contributed by atoms with Crippen LogP contribution in [0, 0.1) is 5.41 Å². The maximum Gasteiger partial charge on any atom is 0.281 e. The lowest BCUT2D eigenvalue weighted by atomic mass is 9.93. The average molecular weight is 595 g/mol. The van der Waals surface area contributed by atoms with Crippen LogP contribution in [0.1, 0.15) is 51.9 Å². The van der Waals surface area contributed by atoms with Crippen LogP contribution in [0.15, 0.2) is 41.4 Å². The van der Waals surface area contributed by atoms with Crippen LogP contribution in [0.5, 0.6) is 5.75 Å². The van der Waals surface area contributed by atoms with Crippen LogP contribution in [0.4, 0.5) is 11.5 Å². The number of nitrogens with zero attached hydrogens (tertiary/aromatic N) is 3. The first kappa shape index (κ1) is 28.3. The lowest BCUT2D eigenvalue weighted by molar-refractivity contribution is -0.127. The van der Waals surface area contributed by atoms with Crippen molar-refractivity contribution in [2.45, 2.75) is 68.1 Å². The number of amides is 1. The van der Waals surface area contributed by atoms with Crippen LogP contribution in [0.3, 0.4) is 0 Å². The molecule has 0 bridgehead atoms. The van der Waals surface area contributed by atoms with E-state index in [9.17, 15) is 18.3 Å². The monoisotopic (exact) mass is 594 g/mol. The summed E-state index contributed by atoms with van der Waals surface area (Å²) < 4.78 is 34.8. The minimum atomic E-state index is -4.24. The molecule has 0 unspecified atom stereocenters. The number of hydrogen-bond acceptors (Lipinski definition) is 8. The predicted octanol–water partition coefficient (Wildman–Crippen LogP) is 3.61. The van der Waals surface area contributed by atoms with Crippen LogP contribution in [0.2, 0.25) is 5.02 Å². The number of benzene rings is 1. The van der Waals surface area contributed by atoms with Crippen LogP contribution < -0.4 is 19.3 Å². The van der Waals surface area contributed by atoms with Gasteiger partial charge >= 0.3 is 0 Å². The Balaban J connectivity index is 0.00000308. The molecular formula is C27H35ClN4O5S2. The fourth-order valence-electron chi connectivity index (χ4n) is 5.57. The maximum atomic E-state index is 13.3. The largest absolute Gasteiger partial charge is 0.475 e. The Hall–Kier alpha value is -2.21. The smallest absolute Gasteiger partial charge is 0.281 e. The SMILES string of the molecule is C[C@]1(O)CCN(c2cccc(S(=O)(=O)NC(=O)C3(Oc4cc(Cl)ccc4N4CCC5(CC4)CC5)CC3)n2)C1.S. The van der Waals surface area contributed by atoms with E-state index in [0.717, 1.165) is 31.6 Å². The predicted molar refractivity (Wildman–Crippen MR) is 155 cm³/mol. The number of rotatable bonds is 7. The van der Waals surface area contributed by atoms with Gasteiger partial charge in [-0.1, -0.05) is 17.7 Å². The number of carbonyl (C=O) groups is 1. The summed E-state index contributed by atoms with van der Waals surface area (Å²) in [5.41, 5.74) is -0.727. The van der Waals surface area contributed by atoms with E-state index in [1.165, 1.54) is 18.9 Å². The zero-order valence-electron chi connectivity index (χ0n) is 22.0. The number of ether oxygens (including phenoxy) is 1. The number of halogens is 1. The van der Waals surface area contributed by atoms with Gasteiger partial charge in [-0.05, 0) is 68.7 Å². The van der Waals surface area contributed by atoms with Gasteiger partial charge in [0.05, 0.1) is 11.3 Å². The van der Waals surface area contributed by atoms with Crippen LogP contribution in [0.25, 0.3) is 0 Å². The second kappa shape index (κ2) is 10.0. The summed E-state index contributed by atoms with van der Waals surface area (Å²) in [7, 11) is -4.24. The molecule has 1 amide bonds. The molecule has 1 spiro atoms. The molecule has 39 heavy (non-hydrogen) atoms. The molecule has 2 aromatic rings. The third kappa shape index (κ3) is 5.82. The highest BCUT2D eigenvalue weighted by atomic mass is 35.5. The minimum Gasteiger partial charge on any atom is -0.475 e. The van der Waals surface area contributed by atoms with Crippen molar-refractivity contribution in [1.29, 1.82) is 0 Å². The summed E-state index contributed by atoms with van der Waals surface area (Å²) >= 11 is 6.29. The molecule has 2 saturated carbocycles. The third-order valence-corrected chi connectivity index (χ3v) is 9.92. The maximum absolute atomic E-state index is 13.3. The second-order valence-corrected chi connectivity index (χ2v) is 13.7. The van der Waals surface area contributed by atoms with Crippen LogP contribution in [-0.2, 0) is 14.8 Å². The number of anilines is 2. The van der Waals surface area contributed by atoms with Crippen molar-refractivity contribution < 1.29 is 23.1 Å². The number of nitrogens with one attached hydrogen (secondary N) is 1. The molecule has 1 aromatic heterocycles. The lowest BCUT2D eigenvalue weighted by Crippen LogP contribution is -2.44. The highest BCUT2D eigenvalue weighted by molar-refractivity contribution is 7.90. The summed E-state index contributed by atoms with van der Waals surface area (Å²) in [6, 6.07) is 10.1. The molecule has 4 aliphatic rings. The van der Waals surface area contributed by atoms with Gasteiger partial charge in [0.15, 0.2) is 10.6 Å². The number of sulfonamides is 1. The molecule has 6 rings (SSSR count). The average Bonchev–Trinajstić information content (AvgIpc) is 3.79. The van der Waals surface area contributed by atoms with Crippen molar-refractivity contribution >= 4 is 52.5 Å². The van der Waals surface area contributed by atoms with Crippen LogP contribution in [-0.4, -0.2) is 61.8 Å². The van der Waals surface area contributed by atoms with Crippen molar-refractivity contribution in [3.8, 4) is 5.75 Å². The molecule has 1 atom stereocenters. The molecule has 0 radical (unpaired) electrons. The minimum absolute atomic E-state index is 0. The van der Waals surface area contributed by atoms with Crippen molar-refractivity contribution in [1.82, 2.24) is 9.71 Å². The number of aromatic nitrogens is 1. The molecule has 1 aromatic carbocycles. The van der Waals surface area contributed by atoms with E-state index in [1.54, 1.807) is 25.1 Å². The topological polar surface area (TPSA) is 112 Å². The van der Waals surface area contributed by atoms with E-state index in [-0.39, 0.29) is 18.5 Å². The number of β-amino-alcohol motifs (C(OH)–C–C–N with tert-alkyl or cyclic N) is 1. The number of carbonyl (C=O) groups excluding carboxylic acids is 1. The molecule has 3 heterocycles. The van der Waals surface area contributed by atoms with Gasteiger partial charge in [0, 0.05) is 50.1 Å². The fourth-order valence-corrected chi connectivity index (χ4v) is 6.74. The Bertz CT molecular complexity index is 1370. The van der Waals surface area contributed by atoms with E-state index in [0.29, 0.717) is 54.4 Å². The number of piperidine rings is 1. The Morgan fingerprint density at radius 3 is 2.33 bits per heavy atom. The summed E-state index contributed by atoms with van der Waals surface area (Å²) in [5, 5.41) is 10.5. The Morgan fingerprint density at radius 2 is 1.72 bits per heavy atom. The van der Waals surface area contributed by atoms with Gasteiger partial charge in [-0.3, -0.25) is 4.79 Å². The van der Waals surface area contributed by atoms with E-state index in [4.69, 9.17) is 16.3 Å². The van der Waals surface area contributed by atoms with Gasteiger partial charge in [-0.25, -0.2) is 9.71 Å². The Labute approximate surface area is 241 Å². The van der Waals surface area contributed by atoms with Crippen molar-refractivity contribution in [3.63, 3.8) is 0 Å². The van der Waals surface area contributed by atoms with Crippen molar-refractivity contribution in [3.05, 3.63) is 41.4 Å². The van der Waals surface area contributed by atoms with E-state index in [2.05, 4.69) is 14.6 Å². The first-order valence-corrected chi connectivity index (χ1v) is 15.1. The van der Waals surface area contributed by atoms with Crippen molar-refractivity contribution in [2.75, 3.05) is 36.0 Å². The summed E-state index contributed by atoms with van der Waals surface area (Å²) in [5.74, 6) is 0.222.